The molecule has 1 aliphatic rings. The second-order valence-electron chi connectivity index (χ2n) is 4.75. The molecule has 1 aliphatic heterocycles. The highest BCUT2D eigenvalue weighted by Crippen LogP contribution is 2.16. The third kappa shape index (κ3) is 3.83. The fourth-order valence-corrected chi connectivity index (χ4v) is 2.84. The first-order chi connectivity index (χ1) is 9.92. The van der Waals surface area contributed by atoms with Crippen LogP contribution in [0.2, 0.25) is 0 Å². The van der Waals surface area contributed by atoms with Crippen LogP contribution in [0.15, 0.2) is 41.8 Å². The van der Waals surface area contributed by atoms with Gasteiger partial charge in [0.05, 0.1) is 11.4 Å². The zero-order valence-corrected chi connectivity index (χ0v) is 12.5. The molecule has 1 fully saturated rings. The summed E-state index contributed by atoms with van der Waals surface area (Å²) in [5.41, 5.74) is 0.957. The van der Waals surface area contributed by atoms with Crippen molar-refractivity contribution in [3.05, 3.63) is 42.5 Å². The molecule has 21 heavy (non-hydrogen) atoms. The number of hydrogen-bond acceptors (Lipinski definition) is 5. The van der Waals surface area contributed by atoms with Crippen LogP contribution >= 0.6 is 0 Å². The lowest BCUT2D eigenvalue weighted by atomic mass is 10.2. The molecule has 1 amide bonds. The fraction of sp³-hybridized carbons (Fsp3) is 0.357. The Labute approximate surface area is 124 Å². The molecule has 1 aromatic carbocycles. The summed E-state index contributed by atoms with van der Waals surface area (Å²) in [6.07, 6.45) is 0.488. The summed E-state index contributed by atoms with van der Waals surface area (Å²) in [7, 11) is -3.84. The largest absolute Gasteiger partial charge is 0.442 e. The lowest BCUT2D eigenvalue weighted by molar-refractivity contribution is 0.105. The summed E-state index contributed by atoms with van der Waals surface area (Å²) in [5, 5.41) is 0. The van der Waals surface area contributed by atoms with E-state index in [0.29, 0.717) is 6.54 Å². The van der Waals surface area contributed by atoms with Gasteiger partial charge >= 0.3 is 6.09 Å². The summed E-state index contributed by atoms with van der Waals surface area (Å²) in [4.78, 5) is 13.0. The number of ether oxygens (including phenoxy) is 1. The predicted molar refractivity (Wildman–Crippen MR) is 76.4 cm³/mol. The SMILES string of the molecule is C=CCN1C[C@H](COS(=O)(=O)c2ccc(C)cc2)OC1=O. The van der Waals surface area contributed by atoms with Gasteiger partial charge in [0, 0.05) is 6.54 Å². The van der Waals surface area contributed by atoms with Crippen molar-refractivity contribution < 1.29 is 22.1 Å². The molecule has 0 aromatic heterocycles. The molecule has 0 spiro atoms. The minimum absolute atomic E-state index is 0.0837. The molecular weight excluding hydrogens is 294 g/mol. The van der Waals surface area contributed by atoms with Crippen LogP contribution in [0.1, 0.15) is 5.56 Å². The average Bonchev–Trinajstić information content (AvgIpc) is 2.78. The highest BCUT2D eigenvalue weighted by atomic mass is 32.2. The number of carbonyl (C=O) groups excluding carboxylic acids is 1. The van der Waals surface area contributed by atoms with E-state index in [1.165, 1.54) is 17.0 Å². The number of cyclic esters (lactones) is 1. The standard InChI is InChI=1S/C14H17NO5S/c1-3-8-15-9-12(20-14(15)16)10-19-21(17,18)13-6-4-11(2)5-7-13/h3-7,12H,1,8-10H2,2H3/t12-/m1/s1. The topological polar surface area (TPSA) is 72.9 Å². The third-order valence-electron chi connectivity index (χ3n) is 3.02. The van der Waals surface area contributed by atoms with E-state index in [4.69, 9.17) is 8.92 Å². The van der Waals surface area contributed by atoms with Gasteiger partial charge < -0.3 is 9.64 Å². The monoisotopic (exact) mass is 311 g/mol. The van der Waals surface area contributed by atoms with Crippen molar-refractivity contribution in [3.8, 4) is 0 Å². The van der Waals surface area contributed by atoms with E-state index in [9.17, 15) is 13.2 Å². The van der Waals surface area contributed by atoms with E-state index < -0.39 is 22.3 Å². The van der Waals surface area contributed by atoms with Gasteiger partial charge in [0.25, 0.3) is 10.1 Å². The van der Waals surface area contributed by atoms with Crippen molar-refractivity contribution >= 4 is 16.2 Å². The molecule has 1 aromatic rings. The van der Waals surface area contributed by atoms with Crippen LogP contribution in [0.4, 0.5) is 4.79 Å². The molecule has 0 saturated carbocycles. The van der Waals surface area contributed by atoms with Crippen LogP contribution in [0.5, 0.6) is 0 Å². The summed E-state index contributed by atoms with van der Waals surface area (Å²) in [5.74, 6) is 0. The Morgan fingerprint density at radius 2 is 2.10 bits per heavy atom. The van der Waals surface area contributed by atoms with Gasteiger partial charge in [-0.1, -0.05) is 23.8 Å². The zero-order valence-electron chi connectivity index (χ0n) is 11.7. The maximum Gasteiger partial charge on any atom is 0.410 e. The van der Waals surface area contributed by atoms with Gasteiger partial charge in [0.1, 0.15) is 12.7 Å². The van der Waals surface area contributed by atoms with Crippen LogP contribution in [-0.4, -0.2) is 45.2 Å². The minimum atomic E-state index is -3.84. The quantitative estimate of drug-likeness (QED) is 0.590. The van der Waals surface area contributed by atoms with Gasteiger partial charge in [0.2, 0.25) is 0 Å². The number of aryl methyl sites for hydroxylation is 1. The Bertz CT molecular complexity index is 623. The Hall–Kier alpha value is -1.86. The van der Waals surface area contributed by atoms with Gasteiger partial charge in [-0.3, -0.25) is 4.18 Å². The number of benzene rings is 1. The average molecular weight is 311 g/mol. The molecule has 6 nitrogen and oxygen atoms in total. The molecule has 0 bridgehead atoms. The normalized spacial score (nSPS) is 18.6. The number of nitrogens with zero attached hydrogens (tertiary/aromatic N) is 1. The van der Waals surface area contributed by atoms with Crippen LogP contribution in [0, 0.1) is 6.92 Å². The first kappa shape index (κ1) is 15.5. The summed E-state index contributed by atoms with van der Waals surface area (Å²) in [6.45, 7) is 5.85. The van der Waals surface area contributed by atoms with Crippen LogP contribution in [-0.2, 0) is 19.0 Å². The molecule has 0 unspecified atom stereocenters. The number of rotatable bonds is 6. The van der Waals surface area contributed by atoms with Crippen LogP contribution < -0.4 is 0 Å². The fourth-order valence-electron chi connectivity index (χ4n) is 1.90. The molecule has 1 atom stereocenters. The smallest absolute Gasteiger partial charge is 0.410 e. The van der Waals surface area contributed by atoms with E-state index in [1.807, 2.05) is 6.92 Å². The third-order valence-corrected chi connectivity index (χ3v) is 4.31. The first-order valence-corrected chi connectivity index (χ1v) is 7.86. The van der Waals surface area contributed by atoms with Gasteiger partial charge in [0.15, 0.2) is 0 Å². The maximum absolute atomic E-state index is 12.0. The van der Waals surface area contributed by atoms with Crippen molar-refractivity contribution in [2.75, 3.05) is 19.7 Å². The van der Waals surface area contributed by atoms with E-state index in [1.54, 1.807) is 18.2 Å². The van der Waals surface area contributed by atoms with Gasteiger partial charge in [-0.15, -0.1) is 6.58 Å². The van der Waals surface area contributed by atoms with Crippen LogP contribution in [0.25, 0.3) is 0 Å². The minimum Gasteiger partial charge on any atom is -0.442 e. The van der Waals surface area contributed by atoms with Crippen molar-refractivity contribution in [2.24, 2.45) is 0 Å². The lowest BCUT2D eigenvalue weighted by Crippen LogP contribution is -2.27. The Balaban J connectivity index is 1.95. The van der Waals surface area contributed by atoms with E-state index in [-0.39, 0.29) is 18.0 Å². The van der Waals surface area contributed by atoms with Crippen molar-refractivity contribution in [1.29, 1.82) is 0 Å². The van der Waals surface area contributed by atoms with E-state index >= 15 is 0 Å². The van der Waals surface area contributed by atoms with Crippen molar-refractivity contribution in [2.45, 2.75) is 17.9 Å². The first-order valence-electron chi connectivity index (χ1n) is 6.45. The molecule has 0 N–H and O–H groups in total. The molecule has 2 rings (SSSR count). The summed E-state index contributed by atoms with van der Waals surface area (Å²) in [6, 6.07) is 6.35. The molecule has 1 heterocycles. The van der Waals surface area contributed by atoms with Gasteiger partial charge in [-0.2, -0.15) is 8.42 Å². The number of hydrogen-bond donors (Lipinski definition) is 0. The van der Waals surface area contributed by atoms with Crippen molar-refractivity contribution in [1.82, 2.24) is 4.90 Å². The lowest BCUT2D eigenvalue weighted by Gasteiger charge is -2.10. The Kier molecular flexibility index (Phi) is 4.64. The highest BCUT2D eigenvalue weighted by molar-refractivity contribution is 7.86. The number of carbonyl (C=O) groups is 1. The second kappa shape index (κ2) is 6.28. The highest BCUT2D eigenvalue weighted by Gasteiger charge is 2.32. The Morgan fingerprint density at radius 3 is 2.71 bits per heavy atom. The molecule has 1 saturated heterocycles. The summed E-state index contributed by atoms with van der Waals surface area (Å²) >= 11 is 0. The zero-order chi connectivity index (χ0) is 15.5. The van der Waals surface area contributed by atoms with Crippen LogP contribution in [0.3, 0.4) is 0 Å². The molecule has 0 aliphatic carbocycles. The van der Waals surface area contributed by atoms with Gasteiger partial charge in [-0.05, 0) is 19.1 Å². The van der Waals surface area contributed by atoms with E-state index in [0.717, 1.165) is 5.56 Å². The maximum atomic E-state index is 12.0. The second-order valence-corrected chi connectivity index (χ2v) is 6.37. The Morgan fingerprint density at radius 1 is 1.43 bits per heavy atom. The molecule has 114 valence electrons. The molecule has 0 radical (unpaired) electrons. The van der Waals surface area contributed by atoms with Crippen molar-refractivity contribution in [3.63, 3.8) is 0 Å². The molecule has 7 heteroatoms. The molecular formula is C14H17NO5S. The predicted octanol–water partition coefficient (Wildman–Crippen LogP) is 1.71. The van der Waals surface area contributed by atoms with E-state index in [2.05, 4.69) is 6.58 Å². The summed E-state index contributed by atoms with van der Waals surface area (Å²) < 4.78 is 34.0. The van der Waals surface area contributed by atoms with Gasteiger partial charge in [-0.25, -0.2) is 4.79 Å². The number of amides is 1.